The molecule has 1 aromatic rings. The number of amides is 2. The molecule has 118 valence electrons. The molecule has 3 rings (SSSR count). The smallest absolute Gasteiger partial charge is 0.252 e. The van der Waals surface area contributed by atoms with Crippen LogP contribution in [0, 0.1) is 0 Å². The highest BCUT2D eigenvalue weighted by molar-refractivity contribution is 5.99. The third-order valence-corrected chi connectivity index (χ3v) is 4.71. The lowest BCUT2D eigenvalue weighted by Gasteiger charge is -2.36. The topological polar surface area (TPSA) is 75.4 Å². The lowest BCUT2D eigenvalue weighted by Crippen LogP contribution is -2.45. The Morgan fingerprint density at radius 2 is 2.14 bits per heavy atom. The van der Waals surface area contributed by atoms with Gasteiger partial charge in [0.15, 0.2) is 0 Å². The van der Waals surface area contributed by atoms with Gasteiger partial charge in [-0.1, -0.05) is 18.2 Å². The predicted molar refractivity (Wildman–Crippen MR) is 84.3 cm³/mol. The van der Waals surface area contributed by atoms with Gasteiger partial charge in [-0.2, -0.15) is 0 Å². The van der Waals surface area contributed by atoms with E-state index in [0.717, 1.165) is 37.8 Å². The third kappa shape index (κ3) is 2.86. The first-order valence-electron chi connectivity index (χ1n) is 8.10. The summed E-state index contributed by atoms with van der Waals surface area (Å²) in [6.45, 7) is 1.42. The molecule has 0 radical (unpaired) electrons. The number of benzene rings is 1. The summed E-state index contributed by atoms with van der Waals surface area (Å²) in [4.78, 5) is 26.6. The second-order valence-electron chi connectivity index (χ2n) is 6.13. The van der Waals surface area contributed by atoms with Gasteiger partial charge in [0.1, 0.15) is 0 Å². The number of hydrogen-bond acceptors (Lipinski definition) is 3. The van der Waals surface area contributed by atoms with Crippen molar-refractivity contribution in [3.05, 3.63) is 35.4 Å². The van der Waals surface area contributed by atoms with Crippen molar-refractivity contribution in [3.63, 3.8) is 0 Å². The molecule has 0 bridgehead atoms. The lowest BCUT2D eigenvalue weighted by atomic mass is 9.97. The summed E-state index contributed by atoms with van der Waals surface area (Å²) in [6, 6.07) is 7.57. The zero-order valence-electron chi connectivity index (χ0n) is 12.8. The minimum Gasteiger partial charge on any atom is -0.345 e. The molecule has 0 spiro atoms. The maximum absolute atomic E-state index is 12.7. The van der Waals surface area contributed by atoms with E-state index in [1.165, 1.54) is 0 Å². The SMILES string of the molecule is NCCC1CCCCN1C(=O)CC1NC(=O)c2ccccc21. The van der Waals surface area contributed by atoms with Crippen LogP contribution in [0.4, 0.5) is 0 Å². The van der Waals surface area contributed by atoms with Crippen molar-refractivity contribution in [2.24, 2.45) is 5.73 Å². The number of rotatable bonds is 4. The Bertz CT molecular complexity index is 571. The van der Waals surface area contributed by atoms with Gasteiger partial charge in [-0.3, -0.25) is 9.59 Å². The van der Waals surface area contributed by atoms with Crippen LogP contribution in [0.5, 0.6) is 0 Å². The van der Waals surface area contributed by atoms with Crippen molar-refractivity contribution in [2.45, 2.75) is 44.2 Å². The van der Waals surface area contributed by atoms with Crippen LogP contribution in [0.15, 0.2) is 24.3 Å². The molecule has 2 atom stereocenters. The van der Waals surface area contributed by atoms with Crippen molar-refractivity contribution in [2.75, 3.05) is 13.1 Å². The van der Waals surface area contributed by atoms with E-state index in [1.54, 1.807) is 0 Å². The highest BCUT2D eigenvalue weighted by Gasteiger charge is 2.33. The maximum Gasteiger partial charge on any atom is 0.252 e. The van der Waals surface area contributed by atoms with Crippen molar-refractivity contribution in [1.29, 1.82) is 0 Å². The van der Waals surface area contributed by atoms with Gasteiger partial charge in [-0.15, -0.1) is 0 Å². The molecule has 1 aromatic carbocycles. The molecule has 5 nitrogen and oxygen atoms in total. The Hall–Kier alpha value is -1.88. The van der Waals surface area contributed by atoms with Gasteiger partial charge in [0.05, 0.1) is 12.5 Å². The number of piperidine rings is 1. The lowest BCUT2D eigenvalue weighted by molar-refractivity contribution is -0.135. The Morgan fingerprint density at radius 3 is 2.95 bits per heavy atom. The van der Waals surface area contributed by atoms with E-state index in [4.69, 9.17) is 5.73 Å². The molecule has 0 saturated carbocycles. The summed E-state index contributed by atoms with van der Waals surface area (Å²) in [7, 11) is 0. The van der Waals surface area contributed by atoms with Crippen molar-refractivity contribution < 1.29 is 9.59 Å². The van der Waals surface area contributed by atoms with E-state index in [9.17, 15) is 9.59 Å². The van der Waals surface area contributed by atoms with Gasteiger partial charge in [0.25, 0.3) is 5.91 Å². The monoisotopic (exact) mass is 301 g/mol. The van der Waals surface area contributed by atoms with E-state index >= 15 is 0 Å². The quantitative estimate of drug-likeness (QED) is 0.887. The maximum atomic E-state index is 12.7. The van der Waals surface area contributed by atoms with Crippen molar-refractivity contribution >= 4 is 11.8 Å². The molecule has 3 N–H and O–H groups in total. The number of nitrogens with zero attached hydrogens (tertiary/aromatic N) is 1. The summed E-state index contributed by atoms with van der Waals surface area (Å²) in [5.41, 5.74) is 7.30. The number of nitrogens with one attached hydrogen (secondary N) is 1. The van der Waals surface area contributed by atoms with Crippen LogP contribution in [0.1, 0.15) is 54.1 Å². The van der Waals surface area contributed by atoms with Gasteiger partial charge < -0.3 is 16.0 Å². The molecule has 0 aromatic heterocycles. The first-order valence-corrected chi connectivity index (χ1v) is 8.10. The number of nitrogens with two attached hydrogens (primary N) is 1. The molecule has 5 heteroatoms. The number of fused-ring (bicyclic) bond motifs is 1. The number of likely N-dealkylation sites (tertiary alicyclic amines) is 1. The van der Waals surface area contributed by atoms with E-state index in [1.807, 2.05) is 29.2 Å². The van der Waals surface area contributed by atoms with Gasteiger partial charge in [0, 0.05) is 18.2 Å². The number of carbonyl (C=O) groups is 2. The fraction of sp³-hybridized carbons (Fsp3) is 0.529. The van der Waals surface area contributed by atoms with E-state index in [-0.39, 0.29) is 23.9 Å². The highest BCUT2D eigenvalue weighted by atomic mass is 16.2. The zero-order valence-corrected chi connectivity index (χ0v) is 12.8. The second-order valence-corrected chi connectivity index (χ2v) is 6.13. The fourth-order valence-electron chi connectivity index (χ4n) is 3.60. The highest BCUT2D eigenvalue weighted by Crippen LogP contribution is 2.29. The van der Waals surface area contributed by atoms with Gasteiger partial charge in [-0.25, -0.2) is 0 Å². The van der Waals surface area contributed by atoms with Crippen molar-refractivity contribution in [1.82, 2.24) is 10.2 Å². The van der Waals surface area contributed by atoms with Gasteiger partial charge in [-0.05, 0) is 43.9 Å². The van der Waals surface area contributed by atoms with Crippen LogP contribution < -0.4 is 11.1 Å². The Morgan fingerprint density at radius 1 is 1.32 bits per heavy atom. The molecular weight excluding hydrogens is 278 g/mol. The molecule has 2 aliphatic heterocycles. The summed E-state index contributed by atoms with van der Waals surface area (Å²) in [5.74, 6) is 0.0469. The summed E-state index contributed by atoms with van der Waals surface area (Å²) in [5, 5.41) is 2.93. The number of hydrogen-bond donors (Lipinski definition) is 2. The molecule has 22 heavy (non-hydrogen) atoms. The summed E-state index contributed by atoms with van der Waals surface area (Å²) < 4.78 is 0. The Kier molecular flexibility index (Phi) is 4.43. The third-order valence-electron chi connectivity index (χ3n) is 4.71. The van der Waals surface area contributed by atoms with Crippen LogP contribution in [0.25, 0.3) is 0 Å². The average Bonchev–Trinajstić information content (AvgIpc) is 2.85. The zero-order chi connectivity index (χ0) is 15.5. The summed E-state index contributed by atoms with van der Waals surface area (Å²) in [6.07, 6.45) is 4.46. The molecule has 2 amide bonds. The second kappa shape index (κ2) is 6.48. The summed E-state index contributed by atoms with van der Waals surface area (Å²) >= 11 is 0. The molecule has 2 heterocycles. The van der Waals surface area contributed by atoms with Crippen molar-refractivity contribution in [3.8, 4) is 0 Å². The van der Waals surface area contributed by atoms with Crippen LogP contribution >= 0.6 is 0 Å². The van der Waals surface area contributed by atoms with Gasteiger partial charge >= 0.3 is 0 Å². The molecule has 0 aliphatic carbocycles. The van der Waals surface area contributed by atoms with Gasteiger partial charge in [0.2, 0.25) is 5.91 Å². The van der Waals surface area contributed by atoms with E-state index in [2.05, 4.69) is 5.32 Å². The molecule has 2 unspecified atom stereocenters. The number of carbonyl (C=O) groups excluding carboxylic acids is 2. The molecule has 1 saturated heterocycles. The molecular formula is C17H23N3O2. The normalized spacial score (nSPS) is 24.0. The fourth-order valence-corrected chi connectivity index (χ4v) is 3.60. The van der Waals surface area contributed by atoms with Crippen LogP contribution in [-0.2, 0) is 4.79 Å². The van der Waals surface area contributed by atoms with Crippen LogP contribution in [-0.4, -0.2) is 35.8 Å². The first kappa shape index (κ1) is 15.0. The minimum absolute atomic E-state index is 0.0782. The molecule has 1 fully saturated rings. The minimum atomic E-state index is -0.198. The molecule has 2 aliphatic rings. The van der Waals surface area contributed by atoms with E-state index in [0.29, 0.717) is 18.5 Å². The van der Waals surface area contributed by atoms with Crippen LogP contribution in [0.3, 0.4) is 0 Å². The van der Waals surface area contributed by atoms with E-state index < -0.39 is 0 Å². The first-order chi connectivity index (χ1) is 10.7. The standard InChI is InChI=1S/C17H23N3O2/c18-9-8-12-5-3-4-10-20(12)16(21)11-15-13-6-1-2-7-14(13)17(22)19-15/h1-2,6-7,12,15H,3-5,8-11,18H2,(H,19,22). The van der Waals surface area contributed by atoms with Crippen LogP contribution in [0.2, 0.25) is 0 Å². The Balaban J connectivity index is 1.70. The predicted octanol–water partition coefficient (Wildman–Crippen LogP) is 1.59. The average molecular weight is 301 g/mol. The Labute approximate surface area is 130 Å². The largest absolute Gasteiger partial charge is 0.345 e.